The van der Waals surface area contributed by atoms with Gasteiger partial charge in [0, 0.05) is 14.2 Å². The summed E-state index contributed by atoms with van der Waals surface area (Å²) in [5.74, 6) is -0.843. The third-order valence-corrected chi connectivity index (χ3v) is 7.39. The molecule has 26 heavy (non-hydrogen) atoms. The Morgan fingerprint density at radius 2 is 1.73 bits per heavy atom. The molecule has 0 aliphatic carbocycles. The number of hydrogen-bond acceptors (Lipinski definition) is 7. The summed E-state index contributed by atoms with van der Waals surface area (Å²) >= 11 is 0. The Bertz CT molecular complexity index is 873. The molecule has 1 heterocycles. The number of nitrogens with one attached hydrogen (secondary N) is 1. The van der Waals surface area contributed by atoms with E-state index < -0.39 is 37.7 Å². The van der Waals surface area contributed by atoms with Gasteiger partial charge >= 0.3 is 0 Å². The topological polar surface area (TPSA) is 119 Å². The van der Waals surface area contributed by atoms with Crippen molar-refractivity contribution in [2.75, 3.05) is 30.8 Å². The van der Waals surface area contributed by atoms with Crippen LogP contribution in [0.1, 0.15) is 13.8 Å². The van der Waals surface area contributed by atoms with Gasteiger partial charge in [-0.25, -0.2) is 25.9 Å². The number of carbonyl (C=O) groups is 1. The maximum Gasteiger partial charge on any atom is 0.247 e. The fraction of sp³-hybridized carbons (Fsp3) is 0.533. The van der Waals surface area contributed by atoms with E-state index in [0.29, 0.717) is 0 Å². The number of benzene rings is 1. The number of nitrogens with zero attached hydrogens (tertiary/aromatic N) is 1. The second-order valence-corrected chi connectivity index (χ2v) is 10.0. The number of ether oxygens (including phenoxy) is 2. The molecule has 1 aliphatic rings. The van der Waals surface area contributed by atoms with Gasteiger partial charge in [-0.2, -0.15) is 0 Å². The largest absolute Gasteiger partial charge is 0.355 e. The Morgan fingerprint density at radius 1 is 1.19 bits per heavy atom. The van der Waals surface area contributed by atoms with Crippen molar-refractivity contribution < 1.29 is 31.1 Å². The number of methoxy groups -OCH3 is 2. The van der Waals surface area contributed by atoms with Gasteiger partial charge in [-0.1, -0.05) is 0 Å². The van der Waals surface area contributed by atoms with E-state index in [9.17, 15) is 21.6 Å². The van der Waals surface area contributed by atoms with E-state index in [2.05, 4.69) is 4.72 Å². The van der Waals surface area contributed by atoms with Gasteiger partial charge in [0.1, 0.15) is 0 Å². The van der Waals surface area contributed by atoms with Crippen molar-refractivity contribution in [1.82, 2.24) is 4.72 Å². The highest BCUT2D eigenvalue weighted by molar-refractivity contribution is 7.94. The zero-order chi connectivity index (χ0) is 19.8. The fourth-order valence-electron chi connectivity index (χ4n) is 2.55. The Balaban J connectivity index is 2.24. The summed E-state index contributed by atoms with van der Waals surface area (Å²) in [4.78, 5) is 12.3. The zero-order valence-corrected chi connectivity index (χ0v) is 16.6. The molecular formula is C15H22N2O7S2. The summed E-state index contributed by atoms with van der Waals surface area (Å²) < 4.78 is 61.9. The van der Waals surface area contributed by atoms with Crippen LogP contribution in [0.5, 0.6) is 0 Å². The molecule has 0 spiro atoms. The lowest BCUT2D eigenvalue weighted by Gasteiger charge is -2.18. The normalized spacial score (nSPS) is 19.3. The van der Waals surface area contributed by atoms with Crippen LogP contribution in [0.4, 0.5) is 5.69 Å². The first-order valence-electron chi connectivity index (χ1n) is 7.67. The molecule has 0 unspecified atom stereocenters. The number of amides is 1. The first-order chi connectivity index (χ1) is 11.9. The summed E-state index contributed by atoms with van der Waals surface area (Å²) in [7, 11) is -4.87. The SMILES string of the molecule is COC(CNS(=O)(=O)c1ccc(N2C(=O)C(C)(C)CS2(=O)=O)cc1)OC. The summed E-state index contributed by atoms with van der Waals surface area (Å²) in [6.07, 6.45) is -0.737. The lowest BCUT2D eigenvalue weighted by atomic mass is 9.95. The first kappa shape index (κ1) is 20.8. The molecule has 1 aromatic rings. The number of hydrogen-bond donors (Lipinski definition) is 1. The molecule has 1 aliphatic heterocycles. The molecule has 2 rings (SSSR count). The van der Waals surface area contributed by atoms with Gasteiger partial charge in [0.15, 0.2) is 6.29 Å². The van der Waals surface area contributed by atoms with E-state index in [0.717, 1.165) is 4.31 Å². The molecule has 0 bridgehead atoms. The zero-order valence-electron chi connectivity index (χ0n) is 14.9. The number of carbonyl (C=O) groups excluding carboxylic acids is 1. The number of anilines is 1. The minimum atomic E-state index is -3.84. The predicted octanol–water partition coefficient (Wildman–Crippen LogP) is 0.286. The molecule has 1 aromatic carbocycles. The van der Waals surface area contributed by atoms with Crippen molar-refractivity contribution in [2.24, 2.45) is 5.41 Å². The van der Waals surface area contributed by atoms with Crippen molar-refractivity contribution in [2.45, 2.75) is 25.0 Å². The molecule has 1 fully saturated rings. The Labute approximate surface area is 153 Å². The monoisotopic (exact) mass is 406 g/mol. The lowest BCUT2D eigenvalue weighted by molar-refractivity contribution is -0.123. The highest BCUT2D eigenvalue weighted by Gasteiger charge is 2.49. The lowest BCUT2D eigenvalue weighted by Crippen LogP contribution is -2.34. The average Bonchev–Trinajstić information content (AvgIpc) is 2.71. The minimum Gasteiger partial charge on any atom is -0.355 e. The van der Waals surface area contributed by atoms with E-state index in [1.807, 2.05) is 0 Å². The van der Waals surface area contributed by atoms with Crippen molar-refractivity contribution >= 4 is 31.6 Å². The molecule has 0 saturated carbocycles. The van der Waals surface area contributed by atoms with Crippen LogP contribution < -0.4 is 9.03 Å². The van der Waals surface area contributed by atoms with E-state index >= 15 is 0 Å². The molecule has 0 aromatic heterocycles. The van der Waals surface area contributed by atoms with Gasteiger partial charge in [0.2, 0.25) is 26.0 Å². The molecular weight excluding hydrogens is 384 g/mol. The van der Waals surface area contributed by atoms with Gasteiger partial charge in [-0.05, 0) is 38.1 Å². The Hall–Kier alpha value is -1.53. The van der Waals surface area contributed by atoms with Crippen LogP contribution in [0.2, 0.25) is 0 Å². The number of rotatable bonds is 7. The fourth-order valence-corrected chi connectivity index (χ4v) is 5.67. The van der Waals surface area contributed by atoms with E-state index in [1.165, 1.54) is 38.5 Å². The second-order valence-electron chi connectivity index (χ2n) is 6.46. The van der Waals surface area contributed by atoms with Crippen LogP contribution >= 0.6 is 0 Å². The van der Waals surface area contributed by atoms with Gasteiger partial charge in [-0.15, -0.1) is 0 Å². The maximum atomic E-state index is 12.4. The van der Waals surface area contributed by atoms with Crippen molar-refractivity contribution in [3.63, 3.8) is 0 Å². The molecule has 11 heteroatoms. The molecule has 0 radical (unpaired) electrons. The van der Waals surface area contributed by atoms with Crippen LogP contribution in [0.15, 0.2) is 29.2 Å². The average molecular weight is 406 g/mol. The standard InChI is InChI=1S/C15H22N2O7S2/c1-15(2)10-25(19,20)17(14(15)18)11-5-7-12(8-6-11)26(21,22)16-9-13(23-3)24-4/h5-8,13,16H,9-10H2,1-4H3. The quantitative estimate of drug-likeness (QED) is 0.646. The number of sulfonamides is 2. The Kier molecular flexibility index (Phi) is 5.78. The van der Waals surface area contributed by atoms with E-state index in [4.69, 9.17) is 9.47 Å². The van der Waals surface area contributed by atoms with Crippen LogP contribution in [0, 0.1) is 5.41 Å². The highest BCUT2D eigenvalue weighted by Crippen LogP contribution is 2.35. The van der Waals surface area contributed by atoms with E-state index in [-0.39, 0.29) is 22.9 Å². The second kappa shape index (κ2) is 7.24. The van der Waals surface area contributed by atoms with Crippen LogP contribution in [0.3, 0.4) is 0 Å². The first-order valence-corrected chi connectivity index (χ1v) is 10.8. The van der Waals surface area contributed by atoms with E-state index in [1.54, 1.807) is 13.8 Å². The van der Waals surface area contributed by atoms with Gasteiger partial charge < -0.3 is 9.47 Å². The Morgan fingerprint density at radius 3 is 2.15 bits per heavy atom. The van der Waals surface area contributed by atoms with Crippen molar-refractivity contribution in [1.29, 1.82) is 0 Å². The predicted molar refractivity (Wildman–Crippen MR) is 94.5 cm³/mol. The molecule has 9 nitrogen and oxygen atoms in total. The van der Waals surface area contributed by atoms with Crippen molar-refractivity contribution in [3.05, 3.63) is 24.3 Å². The smallest absolute Gasteiger partial charge is 0.247 e. The third kappa shape index (κ3) is 4.07. The highest BCUT2D eigenvalue weighted by atomic mass is 32.2. The minimum absolute atomic E-state index is 0.0736. The molecule has 1 saturated heterocycles. The molecule has 1 amide bonds. The van der Waals surface area contributed by atoms with Gasteiger partial charge in [0.05, 0.1) is 28.3 Å². The van der Waals surface area contributed by atoms with Crippen LogP contribution in [-0.4, -0.2) is 55.6 Å². The third-order valence-electron chi connectivity index (χ3n) is 3.93. The molecule has 146 valence electrons. The summed E-state index contributed by atoms with van der Waals surface area (Å²) in [5.41, 5.74) is -0.924. The van der Waals surface area contributed by atoms with Crippen LogP contribution in [-0.2, 0) is 34.3 Å². The maximum absolute atomic E-state index is 12.4. The molecule has 1 N–H and O–H groups in total. The van der Waals surface area contributed by atoms with Gasteiger partial charge in [0.25, 0.3) is 0 Å². The van der Waals surface area contributed by atoms with Gasteiger partial charge in [-0.3, -0.25) is 4.79 Å². The molecule has 0 atom stereocenters. The van der Waals surface area contributed by atoms with Crippen molar-refractivity contribution in [3.8, 4) is 0 Å². The van der Waals surface area contributed by atoms with Crippen LogP contribution in [0.25, 0.3) is 0 Å². The summed E-state index contributed by atoms with van der Waals surface area (Å²) in [6.45, 7) is 3.01. The summed E-state index contributed by atoms with van der Waals surface area (Å²) in [5, 5.41) is 0. The summed E-state index contributed by atoms with van der Waals surface area (Å²) in [6, 6.07) is 5.05.